The van der Waals surface area contributed by atoms with E-state index in [1.165, 1.54) is 17.0 Å². The van der Waals surface area contributed by atoms with E-state index in [0.717, 1.165) is 35.6 Å². The van der Waals surface area contributed by atoms with Gasteiger partial charge in [0.05, 0.1) is 10.6 Å². The largest absolute Gasteiger partial charge is 0.352 e. The lowest BCUT2D eigenvalue weighted by Gasteiger charge is -2.32. The number of carbonyl (C=O) groups excluding carboxylic acids is 2. The first-order valence-corrected chi connectivity index (χ1v) is 15.0. The van der Waals surface area contributed by atoms with Crippen molar-refractivity contribution < 1.29 is 18.0 Å². The molecule has 1 saturated carbocycles. The second-order valence-electron chi connectivity index (χ2n) is 9.94. The highest BCUT2D eigenvalue weighted by atomic mass is 35.5. The smallest absolute Gasteiger partial charge is 0.264 e. The van der Waals surface area contributed by atoms with E-state index in [0.29, 0.717) is 16.3 Å². The van der Waals surface area contributed by atoms with Gasteiger partial charge in [0, 0.05) is 17.6 Å². The van der Waals surface area contributed by atoms with Crippen molar-refractivity contribution in [2.75, 3.05) is 10.8 Å². The normalized spacial score (nSPS) is 14.5. The van der Waals surface area contributed by atoms with Crippen molar-refractivity contribution in [3.63, 3.8) is 0 Å². The van der Waals surface area contributed by atoms with Crippen molar-refractivity contribution in [1.29, 1.82) is 0 Å². The van der Waals surface area contributed by atoms with Crippen LogP contribution in [0.25, 0.3) is 0 Å². The second-order valence-corrected chi connectivity index (χ2v) is 12.2. The third kappa shape index (κ3) is 6.99. The Morgan fingerprint density at radius 3 is 2.21 bits per heavy atom. The van der Waals surface area contributed by atoms with Crippen LogP contribution < -0.4 is 9.62 Å². The van der Waals surface area contributed by atoms with Gasteiger partial charge in [-0.25, -0.2) is 8.42 Å². The second kappa shape index (κ2) is 12.7. The fourth-order valence-electron chi connectivity index (χ4n) is 4.74. The Morgan fingerprint density at radius 1 is 0.949 bits per heavy atom. The van der Waals surface area contributed by atoms with Gasteiger partial charge in [0.2, 0.25) is 11.8 Å². The first-order valence-electron chi connectivity index (χ1n) is 13.1. The standard InChI is InChI=1S/C30H34ClN3O4S/c1-22-16-18-26(19-17-22)34(39(37,38)27-13-4-3-5-14-27)21-29(35)33(20-24-10-6-9-15-28(24)31)23(2)30(36)32-25-11-7-8-12-25/h3-6,9-10,13-19,23,25H,7-8,11-12,20-21H2,1-2H3,(H,32,36)/t23-/m0/s1. The first kappa shape index (κ1) is 28.6. The summed E-state index contributed by atoms with van der Waals surface area (Å²) in [5.41, 5.74) is 1.99. The number of anilines is 1. The van der Waals surface area contributed by atoms with E-state index in [-0.39, 0.29) is 23.4 Å². The topological polar surface area (TPSA) is 86.8 Å². The Kier molecular flexibility index (Phi) is 9.30. The molecule has 7 nitrogen and oxygen atoms in total. The average molecular weight is 568 g/mol. The van der Waals surface area contributed by atoms with Gasteiger partial charge in [-0.05, 0) is 62.6 Å². The molecule has 206 valence electrons. The minimum absolute atomic E-state index is 0.0604. The maximum Gasteiger partial charge on any atom is 0.264 e. The van der Waals surface area contributed by atoms with Gasteiger partial charge in [-0.15, -0.1) is 0 Å². The Morgan fingerprint density at radius 2 is 1.56 bits per heavy atom. The van der Waals surface area contributed by atoms with Gasteiger partial charge in [-0.1, -0.05) is 78.5 Å². The molecule has 0 spiro atoms. The summed E-state index contributed by atoms with van der Waals surface area (Å²) in [6, 6.07) is 21.3. The van der Waals surface area contributed by atoms with Crippen LogP contribution in [0.1, 0.15) is 43.7 Å². The number of rotatable bonds is 10. The Labute approximate surface area is 235 Å². The molecule has 0 aromatic heterocycles. The molecule has 0 radical (unpaired) electrons. The number of amides is 2. The molecule has 1 atom stereocenters. The monoisotopic (exact) mass is 567 g/mol. The zero-order valence-corrected chi connectivity index (χ0v) is 23.8. The molecular weight excluding hydrogens is 534 g/mol. The van der Waals surface area contributed by atoms with Crippen molar-refractivity contribution in [1.82, 2.24) is 10.2 Å². The van der Waals surface area contributed by atoms with E-state index < -0.39 is 28.5 Å². The van der Waals surface area contributed by atoms with Crippen LogP contribution in [0.5, 0.6) is 0 Å². The van der Waals surface area contributed by atoms with Crippen molar-refractivity contribution >= 4 is 39.1 Å². The summed E-state index contributed by atoms with van der Waals surface area (Å²) in [6.45, 7) is 3.15. The van der Waals surface area contributed by atoms with Crippen molar-refractivity contribution in [2.24, 2.45) is 0 Å². The van der Waals surface area contributed by atoms with Crippen LogP contribution in [0.3, 0.4) is 0 Å². The molecule has 0 heterocycles. The van der Waals surface area contributed by atoms with E-state index >= 15 is 0 Å². The quantitative estimate of drug-likeness (QED) is 0.359. The fourth-order valence-corrected chi connectivity index (χ4v) is 6.37. The molecule has 0 saturated heterocycles. The zero-order chi connectivity index (χ0) is 28.0. The zero-order valence-electron chi connectivity index (χ0n) is 22.2. The summed E-state index contributed by atoms with van der Waals surface area (Å²) < 4.78 is 28.7. The van der Waals surface area contributed by atoms with Gasteiger partial charge < -0.3 is 10.2 Å². The van der Waals surface area contributed by atoms with E-state index in [9.17, 15) is 18.0 Å². The van der Waals surface area contributed by atoms with Crippen molar-refractivity contribution in [2.45, 2.75) is 63.1 Å². The van der Waals surface area contributed by atoms with Crippen LogP contribution in [0.15, 0.2) is 83.8 Å². The molecule has 0 unspecified atom stereocenters. The maximum absolute atomic E-state index is 14.0. The number of sulfonamides is 1. The van der Waals surface area contributed by atoms with Gasteiger partial charge >= 0.3 is 0 Å². The number of benzene rings is 3. The van der Waals surface area contributed by atoms with Crippen LogP contribution in [0, 0.1) is 6.92 Å². The molecule has 4 rings (SSSR count). The first-order chi connectivity index (χ1) is 18.7. The molecule has 1 aliphatic carbocycles. The molecule has 2 amide bonds. The molecule has 1 aliphatic rings. The molecule has 3 aromatic carbocycles. The SMILES string of the molecule is Cc1ccc(N(CC(=O)N(Cc2ccccc2Cl)[C@@H](C)C(=O)NC2CCCC2)S(=O)(=O)c2ccccc2)cc1. The highest BCUT2D eigenvalue weighted by Crippen LogP contribution is 2.26. The number of hydrogen-bond acceptors (Lipinski definition) is 4. The Balaban J connectivity index is 1.68. The molecular formula is C30H34ClN3O4S. The molecule has 1 fully saturated rings. The number of hydrogen-bond donors (Lipinski definition) is 1. The summed E-state index contributed by atoms with van der Waals surface area (Å²) in [5.74, 6) is -0.779. The lowest BCUT2D eigenvalue weighted by Crippen LogP contribution is -2.52. The van der Waals surface area contributed by atoms with Crippen LogP contribution in [0.4, 0.5) is 5.69 Å². The van der Waals surface area contributed by atoms with Crippen molar-refractivity contribution in [3.05, 3.63) is 95.0 Å². The average Bonchev–Trinajstić information content (AvgIpc) is 3.45. The summed E-state index contributed by atoms with van der Waals surface area (Å²) in [6.07, 6.45) is 3.94. The van der Waals surface area contributed by atoms with Gasteiger partial charge in [0.15, 0.2) is 0 Å². The van der Waals surface area contributed by atoms with E-state index in [1.54, 1.807) is 67.6 Å². The van der Waals surface area contributed by atoms with Crippen LogP contribution in [0.2, 0.25) is 5.02 Å². The van der Waals surface area contributed by atoms with Crippen LogP contribution >= 0.6 is 11.6 Å². The molecule has 0 aliphatic heterocycles. The minimum Gasteiger partial charge on any atom is -0.352 e. The Bertz CT molecular complexity index is 1390. The minimum atomic E-state index is -4.08. The molecule has 1 N–H and O–H groups in total. The molecule has 3 aromatic rings. The summed E-state index contributed by atoms with van der Waals surface area (Å²) in [7, 11) is -4.08. The predicted molar refractivity (Wildman–Crippen MR) is 154 cm³/mol. The molecule has 39 heavy (non-hydrogen) atoms. The highest BCUT2D eigenvalue weighted by molar-refractivity contribution is 7.92. The third-order valence-corrected chi connectivity index (χ3v) is 9.26. The van der Waals surface area contributed by atoms with Gasteiger partial charge in [0.25, 0.3) is 10.0 Å². The number of halogens is 1. The number of carbonyl (C=O) groups is 2. The molecule has 9 heteroatoms. The summed E-state index contributed by atoms with van der Waals surface area (Å²) >= 11 is 6.42. The molecule has 0 bridgehead atoms. The van der Waals surface area contributed by atoms with E-state index in [2.05, 4.69) is 5.32 Å². The highest BCUT2D eigenvalue weighted by Gasteiger charge is 2.33. The third-order valence-electron chi connectivity index (χ3n) is 7.10. The lowest BCUT2D eigenvalue weighted by molar-refractivity contribution is -0.139. The van der Waals surface area contributed by atoms with Gasteiger partial charge in [0.1, 0.15) is 12.6 Å². The number of nitrogens with zero attached hydrogens (tertiary/aromatic N) is 2. The van der Waals surface area contributed by atoms with Gasteiger partial charge in [-0.2, -0.15) is 0 Å². The summed E-state index contributed by atoms with van der Waals surface area (Å²) in [4.78, 5) is 28.7. The number of nitrogens with one attached hydrogen (secondary N) is 1. The Hall–Kier alpha value is -3.36. The van der Waals surface area contributed by atoms with Gasteiger partial charge in [-0.3, -0.25) is 13.9 Å². The van der Waals surface area contributed by atoms with Crippen molar-refractivity contribution in [3.8, 4) is 0 Å². The maximum atomic E-state index is 14.0. The van der Waals surface area contributed by atoms with E-state index in [4.69, 9.17) is 11.6 Å². The van der Waals surface area contributed by atoms with Crippen LogP contribution in [-0.4, -0.2) is 43.8 Å². The predicted octanol–water partition coefficient (Wildman–Crippen LogP) is 5.32. The fraction of sp³-hybridized carbons (Fsp3) is 0.333. The number of aryl methyl sites for hydroxylation is 1. The van der Waals surface area contributed by atoms with Crippen LogP contribution in [-0.2, 0) is 26.2 Å². The lowest BCUT2D eigenvalue weighted by atomic mass is 10.1. The summed E-state index contributed by atoms with van der Waals surface area (Å²) in [5, 5.41) is 3.53. The van der Waals surface area contributed by atoms with E-state index in [1.807, 2.05) is 13.0 Å².